The van der Waals surface area contributed by atoms with E-state index in [0.717, 1.165) is 5.69 Å². The summed E-state index contributed by atoms with van der Waals surface area (Å²) in [6.07, 6.45) is 3.22. The minimum absolute atomic E-state index is 0.0693. The Morgan fingerprint density at radius 1 is 1.03 bits per heavy atom. The summed E-state index contributed by atoms with van der Waals surface area (Å²) in [7, 11) is 0. The molecule has 2 amide bonds. The number of nitrogens with one attached hydrogen (secondary N) is 3. The van der Waals surface area contributed by atoms with Crippen LogP contribution in [0.5, 0.6) is 5.75 Å². The zero-order valence-electron chi connectivity index (χ0n) is 16.4. The van der Waals surface area contributed by atoms with Gasteiger partial charge < -0.3 is 25.1 Å². The van der Waals surface area contributed by atoms with E-state index in [-0.39, 0.29) is 18.4 Å². The van der Waals surface area contributed by atoms with Gasteiger partial charge in [-0.25, -0.2) is 0 Å². The van der Waals surface area contributed by atoms with Crippen LogP contribution in [0.4, 0.5) is 11.4 Å². The van der Waals surface area contributed by atoms with Crippen LogP contribution in [0, 0.1) is 0 Å². The third-order valence-corrected chi connectivity index (χ3v) is 4.07. The Morgan fingerprint density at radius 2 is 1.87 bits per heavy atom. The average molecular weight is 405 g/mol. The van der Waals surface area contributed by atoms with Gasteiger partial charge in [0.15, 0.2) is 0 Å². The molecule has 2 aromatic carbocycles. The fourth-order valence-corrected chi connectivity index (χ4v) is 2.66. The van der Waals surface area contributed by atoms with E-state index in [4.69, 9.17) is 9.15 Å². The van der Waals surface area contributed by atoms with E-state index in [1.54, 1.807) is 54.8 Å². The molecule has 3 N–H and O–H groups in total. The molecule has 0 aliphatic carbocycles. The Labute approximate surface area is 174 Å². The minimum atomic E-state index is -0.253. The van der Waals surface area contributed by atoms with Crippen molar-refractivity contribution in [2.45, 2.75) is 6.54 Å². The number of anilines is 2. The van der Waals surface area contributed by atoms with E-state index in [2.05, 4.69) is 22.5 Å². The lowest BCUT2D eigenvalue weighted by Gasteiger charge is -2.10. The first-order valence-electron chi connectivity index (χ1n) is 9.42. The summed E-state index contributed by atoms with van der Waals surface area (Å²) in [5.74, 6) is 0.865. The molecule has 0 radical (unpaired) electrons. The molecule has 7 heteroatoms. The van der Waals surface area contributed by atoms with Crippen molar-refractivity contribution < 1.29 is 18.7 Å². The van der Waals surface area contributed by atoms with E-state index in [9.17, 15) is 9.59 Å². The van der Waals surface area contributed by atoms with Gasteiger partial charge in [0.1, 0.15) is 18.1 Å². The largest absolute Gasteiger partial charge is 0.489 e. The minimum Gasteiger partial charge on any atom is -0.489 e. The van der Waals surface area contributed by atoms with Gasteiger partial charge in [0, 0.05) is 23.0 Å². The first-order valence-corrected chi connectivity index (χ1v) is 9.42. The Bertz CT molecular complexity index is 999. The molecule has 0 atom stereocenters. The first-order chi connectivity index (χ1) is 14.6. The van der Waals surface area contributed by atoms with E-state index < -0.39 is 0 Å². The molecule has 154 valence electrons. The second-order valence-electron chi connectivity index (χ2n) is 6.37. The highest BCUT2D eigenvalue weighted by atomic mass is 16.5. The summed E-state index contributed by atoms with van der Waals surface area (Å²) in [5.41, 5.74) is 1.74. The van der Waals surface area contributed by atoms with Crippen molar-refractivity contribution in [2.24, 2.45) is 0 Å². The monoisotopic (exact) mass is 405 g/mol. The number of benzene rings is 2. The van der Waals surface area contributed by atoms with Crippen molar-refractivity contribution in [3.8, 4) is 5.75 Å². The first kappa shape index (κ1) is 20.7. The molecule has 1 aromatic heterocycles. The van der Waals surface area contributed by atoms with Crippen molar-refractivity contribution in [3.05, 3.63) is 90.9 Å². The number of rotatable bonds is 10. The second kappa shape index (κ2) is 10.5. The molecule has 0 saturated heterocycles. The number of hydrogen-bond donors (Lipinski definition) is 3. The number of carbonyl (C=O) groups excluding carboxylic acids is 2. The highest BCUT2D eigenvalue weighted by Gasteiger charge is 2.09. The summed E-state index contributed by atoms with van der Waals surface area (Å²) in [5, 5.41) is 8.60. The Hall–Kier alpha value is -4.00. The Balaban J connectivity index is 1.51. The third-order valence-electron chi connectivity index (χ3n) is 4.07. The molecule has 3 rings (SSSR count). The zero-order valence-corrected chi connectivity index (χ0v) is 16.4. The lowest BCUT2D eigenvalue weighted by Crippen LogP contribution is -2.24. The van der Waals surface area contributed by atoms with E-state index >= 15 is 0 Å². The molecule has 1 heterocycles. The molecule has 7 nitrogen and oxygen atoms in total. The highest BCUT2D eigenvalue weighted by molar-refractivity contribution is 5.98. The van der Waals surface area contributed by atoms with Crippen molar-refractivity contribution in [3.63, 3.8) is 0 Å². The molecular formula is C23H23N3O4. The maximum absolute atomic E-state index is 12.3. The normalized spacial score (nSPS) is 10.1. The lowest BCUT2D eigenvalue weighted by atomic mass is 10.2. The van der Waals surface area contributed by atoms with Crippen LogP contribution in [0.2, 0.25) is 0 Å². The molecule has 0 fully saturated rings. The van der Waals surface area contributed by atoms with Crippen LogP contribution < -0.4 is 20.7 Å². The van der Waals surface area contributed by atoms with Gasteiger partial charge in [0.25, 0.3) is 5.91 Å². The SMILES string of the molecule is C=CCOc1cccc(NCC(=O)Nc2cccc(C(=O)NCc3ccco3)c2)c1. The standard InChI is InChI=1S/C23H23N3O4/c1-2-11-29-20-9-4-7-18(14-20)24-16-22(27)26-19-8-3-6-17(13-19)23(28)25-15-21-10-5-12-30-21/h2-10,12-14,24H,1,11,15-16H2,(H,25,28)(H,26,27). The molecule has 0 aliphatic heterocycles. The second-order valence-corrected chi connectivity index (χ2v) is 6.37. The van der Waals surface area contributed by atoms with Crippen LogP contribution in [0.15, 0.2) is 84.0 Å². The van der Waals surface area contributed by atoms with Gasteiger partial charge in [-0.1, -0.05) is 24.8 Å². The number of ether oxygens (including phenoxy) is 1. The number of carbonyl (C=O) groups is 2. The van der Waals surface area contributed by atoms with Crippen LogP contribution in [0.25, 0.3) is 0 Å². The predicted molar refractivity (Wildman–Crippen MR) is 116 cm³/mol. The topological polar surface area (TPSA) is 92.6 Å². The van der Waals surface area contributed by atoms with Crippen molar-refractivity contribution >= 4 is 23.2 Å². The van der Waals surface area contributed by atoms with Crippen LogP contribution in [-0.4, -0.2) is 25.0 Å². The van der Waals surface area contributed by atoms with Gasteiger partial charge in [-0.3, -0.25) is 9.59 Å². The molecular weight excluding hydrogens is 382 g/mol. The smallest absolute Gasteiger partial charge is 0.251 e. The van der Waals surface area contributed by atoms with Gasteiger partial charge in [-0.2, -0.15) is 0 Å². The number of furan rings is 1. The maximum atomic E-state index is 12.3. The van der Waals surface area contributed by atoms with Crippen LogP contribution in [0.3, 0.4) is 0 Å². The Morgan fingerprint density at radius 3 is 2.67 bits per heavy atom. The summed E-state index contributed by atoms with van der Waals surface area (Å²) < 4.78 is 10.7. The maximum Gasteiger partial charge on any atom is 0.251 e. The van der Waals surface area contributed by atoms with Gasteiger partial charge >= 0.3 is 0 Å². The Kier molecular flexibility index (Phi) is 7.27. The van der Waals surface area contributed by atoms with E-state index in [1.807, 2.05) is 18.2 Å². The molecule has 0 bridgehead atoms. The van der Waals surface area contributed by atoms with Gasteiger partial charge in [0.05, 0.1) is 19.4 Å². The summed E-state index contributed by atoms with van der Waals surface area (Å²) in [4.78, 5) is 24.6. The summed E-state index contributed by atoms with van der Waals surface area (Å²) in [6, 6.07) is 17.6. The number of amides is 2. The van der Waals surface area contributed by atoms with E-state index in [0.29, 0.717) is 35.9 Å². The zero-order chi connectivity index (χ0) is 21.2. The molecule has 0 saturated carbocycles. The van der Waals surface area contributed by atoms with Crippen molar-refractivity contribution in [1.82, 2.24) is 5.32 Å². The van der Waals surface area contributed by atoms with Gasteiger partial charge in [0.2, 0.25) is 5.91 Å². The summed E-state index contributed by atoms with van der Waals surface area (Å²) >= 11 is 0. The average Bonchev–Trinajstić information content (AvgIpc) is 3.29. The quantitative estimate of drug-likeness (QED) is 0.446. The lowest BCUT2D eigenvalue weighted by molar-refractivity contribution is -0.114. The van der Waals surface area contributed by atoms with Crippen molar-refractivity contribution in [1.29, 1.82) is 0 Å². The summed E-state index contributed by atoms with van der Waals surface area (Å²) in [6.45, 7) is 4.39. The number of hydrogen-bond acceptors (Lipinski definition) is 5. The molecule has 0 unspecified atom stereocenters. The fourth-order valence-electron chi connectivity index (χ4n) is 2.66. The highest BCUT2D eigenvalue weighted by Crippen LogP contribution is 2.17. The van der Waals surface area contributed by atoms with Crippen LogP contribution >= 0.6 is 0 Å². The van der Waals surface area contributed by atoms with Crippen LogP contribution in [0.1, 0.15) is 16.1 Å². The van der Waals surface area contributed by atoms with Gasteiger partial charge in [-0.05, 0) is 42.5 Å². The van der Waals surface area contributed by atoms with Crippen LogP contribution in [-0.2, 0) is 11.3 Å². The third kappa shape index (κ3) is 6.27. The predicted octanol–water partition coefficient (Wildman–Crippen LogP) is 3.83. The molecule has 30 heavy (non-hydrogen) atoms. The fraction of sp³-hybridized carbons (Fsp3) is 0.130. The molecule has 0 spiro atoms. The van der Waals surface area contributed by atoms with Gasteiger partial charge in [-0.15, -0.1) is 0 Å². The van der Waals surface area contributed by atoms with E-state index in [1.165, 1.54) is 0 Å². The molecule has 0 aliphatic rings. The molecule has 3 aromatic rings. The van der Waals surface area contributed by atoms with Crippen molar-refractivity contribution in [2.75, 3.05) is 23.8 Å².